The van der Waals surface area contributed by atoms with Crippen LogP contribution < -0.4 is 5.32 Å². The van der Waals surface area contributed by atoms with Crippen molar-refractivity contribution >= 4 is 17.7 Å². The first-order valence-electron chi connectivity index (χ1n) is 24.7. The van der Waals surface area contributed by atoms with Gasteiger partial charge in [-0.15, -0.1) is 5.10 Å². The number of methoxy groups -OCH3 is 1. The molecule has 1 aromatic heterocycles. The predicted molar refractivity (Wildman–Crippen MR) is 258 cm³/mol. The molecule has 0 radical (unpaired) electrons. The van der Waals surface area contributed by atoms with Gasteiger partial charge in [0.1, 0.15) is 35.2 Å². The van der Waals surface area contributed by atoms with Gasteiger partial charge < -0.3 is 68.7 Å². The molecule has 1 amide bonds. The molecule has 0 bridgehead atoms. The fourth-order valence-electron chi connectivity index (χ4n) is 10.7. The molecule has 0 spiro atoms. The summed E-state index contributed by atoms with van der Waals surface area (Å²) in [5.74, 6) is -2.91. The third-order valence-electron chi connectivity index (χ3n) is 14.9. The zero-order chi connectivity index (χ0) is 52.9. The Hall–Kier alpha value is -3.94. The summed E-state index contributed by atoms with van der Waals surface area (Å²) in [6.45, 7) is 18.0. The van der Waals surface area contributed by atoms with Crippen molar-refractivity contribution < 1.29 is 68.1 Å². The predicted octanol–water partition coefficient (Wildman–Crippen LogP) is 3.38. The summed E-state index contributed by atoms with van der Waals surface area (Å²) in [4.78, 5) is 42.3. The maximum Gasteiger partial charge on any atom is 0.407 e. The molecule has 3 aliphatic heterocycles. The molecule has 22 nitrogen and oxygen atoms in total. The van der Waals surface area contributed by atoms with Crippen molar-refractivity contribution in [2.45, 2.75) is 198 Å². The van der Waals surface area contributed by atoms with Crippen molar-refractivity contribution in [2.24, 2.45) is 17.8 Å². The number of nitro groups is 1. The molecule has 3 saturated heterocycles. The average Bonchev–Trinajstić information content (AvgIpc) is 3.75. The van der Waals surface area contributed by atoms with Crippen molar-refractivity contribution in [3.8, 4) is 0 Å². The summed E-state index contributed by atoms with van der Waals surface area (Å²) in [6.07, 6.45) is -8.50. The number of esters is 1. The van der Waals surface area contributed by atoms with E-state index in [2.05, 4.69) is 15.6 Å². The number of ether oxygens (including phenoxy) is 7. The normalized spacial score (nSPS) is 39.3. The van der Waals surface area contributed by atoms with Crippen LogP contribution in [0, 0.1) is 27.9 Å². The first kappa shape index (κ1) is 58.0. The Bertz CT molecular complexity index is 2060. The summed E-state index contributed by atoms with van der Waals surface area (Å²) in [5.41, 5.74) is -3.55. The number of aromatic nitrogens is 3. The van der Waals surface area contributed by atoms with E-state index in [4.69, 9.17) is 33.2 Å². The second-order valence-corrected chi connectivity index (χ2v) is 21.2. The number of aliphatic hydroxyl groups is 4. The van der Waals surface area contributed by atoms with Crippen LogP contribution in [0.1, 0.15) is 106 Å². The van der Waals surface area contributed by atoms with Gasteiger partial charge in [0.15, 0.2) is 18.7 Å². The largest absolute Gasteiger partial charge is 0.459 e. The number of nitrogens with zero attached hydrogens (tertiary/aromatic N) is 6. The van der Waals surface area contributed by atoms with Gasteiger partial charge in [0.25, 0.3) is 5.69 Å². The highest BCUT2D eigenvalue weighted by Crippen LogP contribution is 2.41. The topological polar surface area (TPSA) is 272 Å². The second-order valence-electron chi connectivity index (χ2n) is 21.2. The number of amides is 1. The quantitative estimate of drug-likeness (QED) is 0.109. The molecule has 1 aromatic carbocycles. The summed E-state index contributed by atoms with van der Waals surface area (Å²) in [5, 5.41) is 70.0. The summed E-state index contributed by atoms with van der Waals surface area (Å²) >= 11 is 0. The molecule has 3 aliphatic rings. The minimum atomic E-state index is -1.87. The van der Waals surface area contributed by atoms with E-state index in [0.717, 1.165) is 5.56 Å². The fraction of sp³-hybridized carbons (Fsp3) is 0.796. The smallest absolute Gasteiger partial charge is 0.407 e. The number of benzene rings is 1. The number of aliphatic hydroxyl groups excluding tert-OH is 2. The lowest BCUT2D eigenvalue weighted by Crippen LogP contribution is -2.61. The minimum Gasteiger partial charge on any atom is -0.459 e. The number of carbonyl (C=O) groups excluding carboxylic acids is 2. The van der Waals surface area contributed by atoms with E-state index in [1.54, 1.807) is 66.8 Å². The number of non-ortho nitro benzene ring substituents is 1. The van der Waals surface area contributed by atoms with E-state index in [0.29, 0.717) is 25.2 Å². The van der Waals surface area contributed by atoms with Crippen LogP contribution in [0.15, 0.2) is 30.5 Å². The SMILES string of the molecule is CC[C@@H]1OC(=O)[C@H](C)[C@H](O[C@H]2C[C@@](C)(OC)[C@@H](OC(=O)NCc3cn(Cc4ccc([N+](=O)[O-])cc4)nn3)[C@H](C)O2)[C@H](C)[C@@H](O[C@@H]2O[C@H](C)C[C@H](N(C)C)[C@H]2O)[C@](C)(O)C[C@@H](C)CN(C)[C@H](C)[C@H](O)[C@]1(C)O. The van der Waals surface area contributed by atoms with Gasteiger partial charge >= 0.3 is 12.1 Å². The fourth-order valence-corrected chi connectivity index (χ4v) is 10.7. The second kappa shape index (κ2) is 23.9. The van der Waals surface area contributed by atoms with Gasteiger partial charge in [-0.1, -0.05) is 38.1 Å². The van der Waals surface area contributed by atoms with E-state index in [1.807, 2.05) is 44.8 Å². The molecule has 4 heterocycles. The Kier molecular flexibility index (Phi) is 19.5. The molecule has 22 heteroatoms. The van der Waals surface area contributed by atoms with E-state index < -0.39 is 107 Å². The maximum absolute atomic E-state index is 14.5. The third kappa shape index (κ3) is 14.0. The van der Waals surface area contributed by atoms with Crippen LogP contribution in [0.4, 0.5) is 10.5 Å². The molecular formula is C49H81N7O15. The Labute approximate surface area is 417 Å². The van der Waals surface area contributed by atoms with Gasteiger partial charge in [-0.3, -0.25) is 14.9 Å². The monoisotopic (exact) mass is 1010 g/mol. The number of likely N-dealkylation sites (N-methyl/N-ethyl adjacent to an activating group) is 2. The number of hydrogen-bond acceptors (Lipinski definition) is 19. The van der Waals surface area contributed by atoms with Crippen LogP contribution >= 0.6 is 0 Å². The van der Waals surface area contributed by atoms with Crippen LogP contribution in [-0.4, -0.2) is 187 Å². The van der Waals surface area contributed by atoms with Crippen LogP contribution in [0.25, 0.3) is 0 Å². The average molecular weight is 1010 g/mol. The molecule has 18 atom stereocenters. The van der Waals surface area contributed by atoms with Crippen LogP contribution in [0.2, 0.25) is 0 Å². The van der Waals surface area contributed by atoms with Crippen molar-refractivity contribution in [3.63, 3.8) is 0 Å². The van der Waals surface area contributed by atoms with Gasteiger partial charge in [-0.25, -0.2) is 9.48 Å². The highest BCUT2D eigenvalue weighted by atomic mass is 16.7. The van der Waals surface area contributed by atoms with Crippen molar-refractivity contribution in [2.75, 3.05) is 34.8 Å². The van der Waals surface area contributed by atoms with E-state index in [-0.39, 0.29) is 49.6 Å². The van der Waals surface area contributed by atoms with E-state index in [9.17, 15) is 40.1 Å². The maximum atomic E-state index is 14.5. The molecule has 71 heavy (non-hydrogen) atoms. The highest BCUT2D eigenvalue weighted by molar-refractivity contribution is 5.73. The standard InChI is InChI=1S/C49H81N7O15/c1-15-37-49(10,62)41(58)31(6)54(13)24-27(2)21-47(8,61)42(70-45-39(57)36(53(11)12)20-28(3)66-45)29(4)40(30(5)44(59)68-37)69-38-22-48(9,65-14)43(32(7)67-38)71-46(60)50-23-34-26-55(52-51-34)25-33-16-18-35(19-17-33)56(63)64/h16-19,26-32,36-43,45,57-58,61-62H,15,20-25H2,1-14H3,(H,50,60)/t27-,28-,29+,30-,31-,32+,36+,37+,38+,39-,40-,41+,42-,43+,45+,47-,48-,49-/m1/s1. The van der Waals surface area contributed by atoms with Crippen molar-refractivity contribution in [1.82, 2.24) is 30.1 Å². The number of cyclic esters (lactones) is 1. The molecular weight excluding hydrogens is 927 g/mol. The lowest BCUT2D eigenvalue weighted by molar-refractivity contribution is -0.384. The molecule has 5 N–H and O–H groups in total. The zero-order valence-electron chi connectivity index (χ0n) is 44.0. The number of alkyl carbamates (subject to hydrolysis) is 1. The summed E-state index contributed by atoms with van der Waals surface area (Å²) in [6, 6.07) is 5.15. The minimum absolute atomic E-state index is 0.00187. The first-order valence-corrected chi connectivity index (χ1v) is 24.7. The van der Waals surface area contributed by atoms with Crippen molar-refractivity contribution in [3.05, 3.63) is 51.8 Å². The molecule has 5 rings (SSSR count). The molecule has 402 valence electrons. The summed E-state index contributed by atoms with van der Waals surface area (Å²) < 4.78 is 46.1. The Morgan fingerprint density at radius 3 is 2.28 bits per heavy atom. The van der Waals surface area contributed by atoms with Gasteiger partial charge in [0.2, 0.25) is 0 Å². The molecule has 0 aliphatic carbocycles. The summed E-state index contributed by atoms with van der Waals surface area (Å²) in [7, 11) is 7.03. The van der Waals surface area contributed by atoms with Gasteiger partial charge in [-0.05, 0) is 100 Å². The lowest BCUT2D eigenvalue weighted by Gasteiger charge is -2.49. The number of nitrogens with one attached hydrogen (secondary N) is 1. The Balaban J connectivity index is 1.41. The lowest BCUT2D eigenvalue weighted by atomic mass is 9.77. The van der Waals surface area contributed by atoms with Crippen molar-refractivity contribution in [1.29, 1.82) is 0 Å². The molecule has 0 saturated carbocycles. The number of nitro benzene ring substituents is 1. The van der Waals surface area contributed by atoms with Gasteiger partial charge in [0.05, 0.1) is 60.1 Å². The van der Waals surface area contributed by atoms with Gasteiger partial charge in [-0.2, -0.15) is 0 Å². The number of rotatable bonds is 13. The Morgan fingerprint density at radius 1 is 1.01 bits per heavy atom. The first-order chi connectivity index (χ1) is 33.1. The molecule has 3 fully saturated rings. The highest BCUT2D eigenvalue weighted by Gasteiger charge is 2.54. The van der Waals surface area contributed by atoms with Crippen LogP contribution in [-0.2, 0) is 51.0 Å². The molecule has 0 unspecified atom stereocenters. The third-order valence-corrected chi connectivity index (χ3v) is 14.9. The number of carbonyl (C=O) groups is 2. The zero-order valence-corrected chi connectivity index (χ0v) is 44.0. The van der Waals surface area contributed by atoms with E-state index in [1.165, 1.54) is 30.8 Å². The van der Waals surface area contributed by atoms with Crippen LogP contribution in [0.3, 0.4) is 0 Å². The van der Waals surface area contributed by atoms with Crippen LogP contribution in [0.5, 0.6) is 0 Å². The van der Waals surface area contributed by atoms with E-state index >= 15 is 0 Å². The van der Waals surface area contributed by atoms with Gasteiger partial charge in [0, 0.05) is 50.2 Å². The molecule has 2 aromatic rings. The Morgan fingerprint density at radius 2 is 1.68 bits per heavy atom. The number of hydrogen-bond donors (Lipinski definition) is 5.